The van der Waals surface area contributed by atoms with Gasteiger partial charge in [0.2, 0.25) is 10.0 Å². The van der Waals surface area contributed by atoms with Crippen molar-refractivity contribution in [3.05, 3.63) is 54.4 Å². The van der Waals surface area contributed by atoms with E-state index in [0.717, 1.165) is 16.6 Å². The van der Waals surface area contributed by atoms with E-state index in [-0.39, 0.29) is 4.90 Å². The number of hydrogen-bond donors (Lipinski definition) is 3. The number of nitrogens with zero attached hydrogens (tertiary/aromatic N) is 1. The Kier molecular flexibility index (Phi) is 3.36. The van der Waals surface area contributed by atoms with Gasteiger partial charge >= 0.3 is 0 Å². The number of pyridine rings is 1. The molecule has 0 radical (unpaired) electrons. The van der Waals surface area contributed by atoms with Gasteiger partial charge < -0.3 is 10.3 Å². The lowest BCUT2D eigenvalue weighted by molar-refractivity contribution is 0.598. The maximum Gasteiger partial charge on any atom is 0.238 e. The van der Waals surface area contributed by atoms with Gasteiger partial charge in [-0.3, -0.25) is 0 Å². The molecule has 0 saturated carbocycles. The zero-order valence-electron chi connectivity index (χ0n) is 11.1. The van der Waals surface area contributed by atoms with E-state index >= 15 is 0 Å². The van der Waals surface area contributed by atoms with Crippen molar-refractivity contribution in [1.82, 2.24) is 9.97 Å². The number of nitrogens with two attached hydrogens (primary N) is 1. The van der Waals surface area contributed by atoms with Gasteiger partial charge in [-0.05, 0) is 35.9 Å². The van der Waals surface area contributed by atoms with Crippen LogP contribution in [-0.4, -0.2) is 18.4 Å². The molecule has 6 nitrogen and oxygen atoms in total. The molecule has 3 aromatic rings. The summed E-state index contributed by atoms with van der Waals surface area (Å²) in [6.45, 7) is 0.555. The first-order chi connectivity index (χ1) is 10.0. The molecule has 0 aliphatic heterocycles. The third-order valence-electron chi connectivity index (χ3n) is 3.18. The third-order valence-corrected chi connectivity index (χ3v) is 4.09. The summed E-state index contributed by atoms with van der Waals surface area (Å²) in [5.74, 6) is 0. The van der Waals surface area contributed by atoms with Gasteiger partial charge in [0, 0.05) is 30.0 Å². The van der Waals surface area contributed by atoms with Crippen molar-refractivity contribution >= 4 is 26.7 Å². The van der Waals surface area contributed by atoms with Crippen molar-refractivity contribution in [3.63, 3.8) is 0 Å². The van der Waals surface area contributed by atoms with Crippen molar-refractivity contribution in [1.29, 1.82) is 0 Å². The van der Waals surface area contributed by atoms with E-state index in [4.69, 9.17) is 5.14 Å². The maximum atomic E-state index is 11.3. The van der Waals surface area contributed by atoms with E-state index in [1.54, 1.807) is 18.3 Å². The summed E-state index contributed by atoms with van der Waals surface area (Å²) >= 11 is 0. The predicted octanol–water partition coefficient (Wildman–Crippen LogP) is 1.82. The van der Waals surface area contributed by atoms with Gasteiger partial charge in [0.25, 0.3) is 0 Å². The first-order valence-electron chi connectivity index (χ1n) is 6.32. The number of primary sulfonamides is 1. The standard InChI is InChI=1S/C14H14N4O2S/c15-21(19,20)12-4-1-3-11(7-12)17-8-10-9-18-14-13(10)5-2-6-16-14/h1-7,9,17H,8H2,(H,16,18)(H2,15,19,20). The second-order valence-electron chi connectivity index (χ2n) is 4.64. The number of sulfonamides is 1. The van der Waals surface area contributed by atoms with Crippen LogP contribution in [0.25, 0.3) is 11.0 Å². The maximum absolute atomic E-state index is 11.3. The SMILES string of the molecule is NS(=O)(=O)c1cccc(NCc2c[nH]c3ncccc23)c1. The summed E-state index contributed by atoms with van der Waals surface area (Å²) in [6.07, 6.45) is 3.61. The molecule has 4 N–H and O–H groups in total. The topological polar surface area (TPSA) is 101 Å². The van der Waals surface area contributed by atoms with Crippen molar-refractivity contribution in [2.24, 2.45) is 5.14 Å². The summed E-state index contributed by atoms with van der Waals surface area (Å²) < 4.78 is 22.7. The Balaban J connectivity index is 1.82. The van der Waals surface area contributed by atoms with Crippen molar-refractivity contribution < 1.29 is 8.42 Å². The van der Waals surface area contributed by atoms with Crippen molar-refractivity contribution in [2.75, 3.05) is 5.32 Å². The van der Waals surface area contributed by atoms with E-state index in [2.05, 4.69) is 15.3 Å². The minimum Gasteiger partial charge on any atom is -0.381 e. The number of aromatic nitrogens is 2. The van der Waals surface area contributed by atoms with E-state index in [0.29, 0.717) is 12.2 Å². The fraction of sp³-hybridized carbons (Fsp3) is 0.0714. The predicted molar refractivity (Wildman–Crippen MR) is 81.2 cm³/mol. The van der Waals surface area contributed by atoms with Crippen LogP contribution in [0.3, 0.4) is 0 Å². The molecule has 108 valence electrons. The Morgan fingerprint density at radius 3 is 2.90 bits per heavy atom. The highest BCUT2D eigenvalue weighted by Crippen LogP contribution is 2.19. The minimum atomic E-state index is -3.69. The van der Waals surface area contributed by atoms with Gasteiger partial charge in [-0.2, -0.15) is 0 Å². The summed E-state index contributed by atoms with van der Waals surface area (Å²) in [5, 5.41) is 9.34. The Bertz CT molecular complexity index is 887. The summed E-state index contributed by atoms with van der Waals surface area (Å²) in [7, 11) is -3.69. The van der Waals surface area contributed by atoms with Crippen LogP contribution in [0.5, 0.6) is 0 Å². The normalized spacial score (nSPS) is 11.7. The number of anilines is 1. The van der Waals surface area contributed by atoms with Gasteiger partial charge in [0.05, 0.1) is 4.90 Å². The molecule has 0 spiro atoms. The molecular weight excluding hydrogens is 288 g/mol. The highest BCUT2D eigenvalue weighted by molar-refractivity contribution is 7.89. The van der Waals surface area contributed by atoms with Crippen molar-refractivity contribution in [3.8, 4) is 0 Å². The molecule has 0 saturated heterocycles. The first kappa shape index (κ1) is 13.6. The quantitative estimate of drug-likeness (QED) is 0.684. The zero-order valence-corrected chi connectivity index (χ0v) is 11.9. The first-order valence-corrected chi connectivity index (χ1v) is 7.86. The minimum absolute atomic E-state index is 0.0908. The van der Waals surface area contributed by atoms with Crippen LogP contribution in [0.15, 0.2) is 53.7 Å². The van der Waals surface area contributed by atoms with Gasteiger partial charge in [0.1, 0.15) is 5.65 Å². The average Bonchev–Trinajstić information content (AvgIpc) is 2.88. The molecule has 0 aliphatic carbocycles. The number of fused-ring (bicyclic) bond motifs is 1. The van der Waals surface area contributed by atoms with Crippen LogP contribution in [0.4, 0.5) is 5.69 Å². The van der Waals surface area contributed by atoms with Gasteiger partial charge in [-0.25, -0.2) is 18.5 Å². The molecule has 2 heterocycles. The molecule has 0 atom stereocenters. The molecule has 0 fully saturated rings. The Morgan fingerprint density at radius 1 is 1.24 bits per heavy atom. The second kappa shape index (κ2) is 5.19. The van der Waals surface area contributed by atoms with E-state index in [1.165, 1.54) is 12.1 Å². The molecular formula is C14H14N4O2S. The molecule has 1 aromatic carbocycles. The van der Waals surface area contributed by atoms with E-state index < -0.39 is 10.0 Å². The Labute approximate surface area is 122 Å². The molecule has 7 heteroatoms. The van der Waals surface area contributed by atoms with E-state index in [1.807, 2.05) is 18.3 Å². The molecule has 2 aromatic heterocycles. The summed E-state index contributed by atoms with van der Waals surface area (Å²) in [6, 6.07) is 10.3. The fourth-order valence-corrected chi connectivity index (χ4v) is 2.70. The van der Waals surface area contributed by atoms with Crippen LogP contribution in [0, 0.1) is 0 Å². The fourth-order valence-electron chi connectivity index (χ4n) is 2.14. The summed E-state index contributed by atoms with van der Waals surface area (Å²) in [5.41, 5.74) is 2.58. The lowest BCUT2D eigenvalue weighted by Gasteiger charge is -2.07. The average molecular weight is 302 g/mol. The van der Waals surface area contributed by atoms with Crippen LogP contribution < -0.4 is 10.5 Å². The molecule has 0 bridgehead atoms. The summed E-state index contributed by atoms with van der Waals surface area (Å²) in [4.78, 5) is 7.41. The largest absolute Gasteiger partial charge is 0.381 e. The molecule has 3 rings (SSSR count). The van der Waals surface area contributed by atoms with Crippen LogP contribution in [-0.2, 0) is 16.6 Å². The molecule has 21 heavy (non-hydrogen) atoms. The monoisotopic (exact) mass is 302 g/mol. The zero-order chi connectivity index (χ0) is 14.9. The lowest BCUT2D eigenvalue weighted by Crippen LogP contribution is -2.12. The van der Waals surface area contributed by atoms with Crippen LogP contribution in [0.1, 0.15) is 5.56 Å². The number of H-pyrrole nitrogens is 1. The molecule has 0 amide bonds. The number of nitrogens with one attached hydrogen (secondary N) is 2. The Hall–Kier alpha value is -2.38. The van der Waals surface area contributed by atoms with Gasteiger partial charge in [-0.15, -0.1) is 0 Å². The van der Waals surface area contributed by atoms with E-state index in [9.17, 15) is 8.42 Å². The highest BCUT2D eigenvalue weighted by atomic mass is 32.2. The Morgan fingerprint density at radius 2 is 2.10 bits per heavy atom. The van der Waals surface area contributed by atoms with Crippen LogP contribution >= 0.6 is 0 Å². The molecule has 0 unspecified atom stereocenters. The molecule has 0 aliphatic rings. The lowest BCUT2D eigenvalue weighted by atomic mass is 10.2. The number of benzene rings is 1. The number of rotatable bonds is 4. The van der Waals surface area contributed by atoms with Crippen molar-refractivity contribution in [2.45, 2.75) is 11.4 Å². The number of hydrogen-bond acceptors (Lipinski definition) is 4. The second-order valence-corrected chi connectivity index (χ2v) is 6.20. The van der Waals surface area contributed by atoms with Crippen LogP contribution in [0.2, 0.25) is 0 Å². The highest BCUT2D eigenvalue weighted by Gasteiger charge is 2.08. The van der Waals surface area contributed by atoms with Gasteiger partial charge in [0.15, 0.2) is 0 Å². The smallest absolute Gasteiger partial charge is 0.238 e. The third kappa shape index (κ3) is 2.88. The number of aromatic amines is 1. The van der Waals surface area contributed by atoms with Gasteiger partial charge in [-0.1, -0.05) is 6.07 Å².